The van der Waals surface area contributed by atoms with Crippen LogP contribution in [0.15, 0.2) is 12.1 Å². The first-order valence-electron chi connectivity index (χ1n) is 5.98. The van der Waals surface area contributed by atoms with Crippen LogP contribution in [0, 0.1) is 0 Å². The van der Waals surface area contributed by atoms with E-state index in [0.717, 1.165) is 25.9 Å². The van der Waals surface area contributed by atoms with Gasteiger partial charge >= 0.3 is 5.97 Å². The molecule has 0 amide bonds. The Kier molecular flexibility index (Phi) is 6.22. The molecule has 17 heavy (non-hydrogen) atoms. The van der Waals surface area contributed by atoms with E-state index in [1.807, 2.05) is 11.3 Å². The van der Waals surface area contributed by atoms with Gasteiger partial charge in [0, 0.05) is 22.7 Å². The molecule has 0 N–H and O–H groups in total. The average molecular weight is 255 g/mol. The maximum absolute atomic E-state index is 11.0. The van der Waals surface area contributed by atoms with Gasteiger partial charge in [-0.2, -0.15) is 0 Å². The summed E-state index contributed by atoms with van der Waals surface area (Å²) < 4.78 is 4.61. The summed E-state index contributed by atoms with van der Waals surface area (Å²) in [4.78, 5) is 16.0. The third kappa shape index (κ3) is 5.33. The van der Waals surface area contributed by atoms with Crippen LogP contribution in [-0.4, -0.2) is 31.6 Å². The highest BCUT2D eigenvalue weighted by Crippen LogP contribution is 2.18. The minimum atomic E-state index is -0.122. The number of hydrogen-bond acceptors (Lipinski definition) is 4. The molecule has 0 spiro atoms. The van der Waals surface area contributed by atoms with E-state index in [2.05, 4.69) is 35.7 Å². The Morgan fingerprint density at radius 1 is 1.41 bits per heavy atom. The van der Waals surface area contributed by atoms with Gasteiger partial charge in [0.2, 0.25) is 0 Å². The van der Waals surface area contributed by atoms with Crippen LogP contribution in [0.1, 0.15) is 29.5 Å². The molecule has 0 aliphatic rings. The van der Waals surface area contributed by atoms with Gasteiger partial charge in [0.1, 0.15) is 0 Å². The largest absolute Gasteiger partial charge is 0.469 e. The molecule has 0 unspecified atom stereocenters. The number of carbonyl (C=O) groups excluding carboxylic acids is 1. The van der Waals surface area contributed by atoms with Crippen molar-refractivity contribution in [3.63, 3.8) is 0 Å². The summed E-state index contributed by atoms with van der Waals surface area (Å²) in [5.41, 5.74) is 0. The molecule has 4 heteroatoms. The Balaban J connectivity index is 2.24. The normalized spacial score (nSPS) is 10.8. The Morgan fingerprint density at radius 2 is 2.12 bits per heavy atom. The third-order valence-corrected chi connectivity index (χ3v) is 3.85. The second-order valence-corrected chi connectivity index (χ2v) is 5.39. The molecule has 1 aromatic heterocycles. The number of thiophene rings is 1. The van der Waals surface area contributed by atoms with E-state index in [1.54, 1.807) is 0 Å². The van der Waals surface area contributed by atoms with E-state index < -0.39 is 0 Å². The molecule has 0 fully saturated rings. The molecule has 0 radical (unpaired) electrons. The number of carbonyl (C=O) groups is 1. The van der Waals surface area contributed by atoms with Gasteiger partial charge in [0.25, 0.3) is 0 Å². The molecule has 0 aliphatic heterocycles. The van der Waals surface area contributed by atoms with Crippen molar-refractivity contribution in [3.05, 3.63) is 21.9 Å². The Morgan fingerprint density at radius 3 is 2.71 bits per heavy atom. The number of ether oxygens (including phenoxy) is 1. The average Bonchev–Trinajstić information content (AvgIpc) is 2.76. The highest BCUT2D eigenvalue weighted by atomic mass is 32.1. The lowest BCUT2D eigenvalue weighted by molar-refractivity contribution is -0.140. The molecule has 0 aliphatic carbocycles. The predicted octanol–water partition coefficient (Wildman–Crippen LogP) is 2.70. The van der Waals surface area contributed by atoms with Gasteiger partial charge in [-0.3, -0.25) is 4.79 Å². The standard InChI is InChI=1S/C13H21NO2S/c1-4-11-7-8-12(17-11)10-14(2)9-5-6-13(15)16-3/h7-8H,4-6,9-10H2,1-3H3. The summed E-state index contributed by atoms with van der Waals surface area (Å²) in [6.07, 6.45) is 2.47. The van der Waals surface area contributed by atoms with Crippen molar-refractivity contribution in [2.75, 3.05) is 20.7 Å². The molecule has 0 atom stereocenters. The monoisotopic (exact) mass is 255 g/mol. The molecule has 1 rings (SSSR count). The van der Waals surface area contributed by atoms with E-state index >= 15 is 0 Å². The molecule has 1 heterocycles. The van der Waals surface area contributed by atoms with Crippen LogP contribution in [0.25, 0.3) is 0 Å². The van der Waals surface area contributed by atoms with Crippen molar-refractivity contribution in [2.45, 2.75) is 32.7 Å². The number of nitrogens with zero attached hydrogens (tertiary/aromatic N) is 1. The molecule has 1 aromatic rings. The molecular weight excluding hydrogens is 234 g/mol. The van der Waals surface area contributed by atoms with Crippen LogP contribution in [0.4, 0.5) is 0 Å². The second kappa shape index (κ2) is 7.45. The first kappa shape index (κ1) is 14.2. The van der Waals surface area contributed by atoms with Gasteiger partial charge in [-0.05, 0) is 38.6 Å². The highest BCUT2D eigenvalue weighted by molar-refractivity contribution is 7.11. The first-order valence-corrected chi connectivity index (χ1v) is 6.80. The second-order valence-electron chi connectivity index (χ2n) is 4.14. The van der Waals surface area contributed by atoms with Crippen molar-refractivity contribution < 1.29 is 9.53 Å². The fourth-order valence-electron chi connectivity index (χ4n) is 1.64. The van der Waals surface area contributed by atoms with Crippen LogP contribution in [0.5, 0.6) is 0 Å². The molecule has 3 nitrogen and oxygen atoms in total. The van der Waals surface area contributed by atoms with Crippen molar-refractivity contribution in [3.8, 4) is 0 Å². The van der Waals surface area contributed by atoms with Gasteiger partial charge in [-0.1, -0.05) is 6.92 Å². The van der Waals surface area contributed by atoms with Crippen LogP contribution >= 0.6 is 11.3 Å². The number of rotatable bonds is 7. The first-order chi connectivity index (χ1) is 8.15. The summed E-state index contributed by atoms with van der Waals surface area (Å²) in [6, 6.07) is 4.39. The summed E-state index contributed by atoms with van der Waals surface area (Å²) in [5, 5.41) is 0. The maximum Gasteiger partial charge on any atom is 0.305 e. The van der Waals surface area contributed by atoms with E-state index in [-0.39, 0.29) is 5.97 Å². The maximum atomic E-state index is 11.0. The lowest BCUT2D eigenvalue weighted by atomic mass is 10.3. The topological polar surface area (TPSA) is 29.5 Å². The zero-order valence-corrected chi connectivity index (χ0v) is 11.7. The minimum Gasteiger partial charge on any atom is -0.469 e. The van der Waals surface area contributed by atoms with E-state index in [1.165, 1.54) is 16.9 Å². The fourth-order valence-corrected chi connectivity index (χ4v) is 2.68. The van der Waals surface area contributed by atoms with Crippen molar-refractivity contribution in [2.24, 2.45) is 0 Å². The molecule has 0 saturated heterocycles. The van der Waals surface area contributed by atoms with Gasteiger partial charge in [-0.15, -0.1) is 11.3 Å². The fraction of sp³-hybridized carbons (Fsp3) is 0.615. The highest BCUT2D eigenvalue weighted by Gasteiger charge is 2.05. The summed E-state index contributed by atoms with van der Waals surface area (Å²) in [7, 11) is 3.52. The van der Waals surface area contributed by atoms with E-state index in [4.69, 9.17) is 0 Å². The quantitative estimate of drug-likeness (QED) is 0.702. The van der Waals surface area contributed by atoms with Crippen LogP contribution in [-0.2, 0) is 22.5 Å². The van der Waals surface area contributed by atoms with Gasteiger partial charge < -0.3 is 9.64 Å². The molecule has 96 valence electrons. The van der Waals surface area contributed by atoms with Gasteiger partial charge in [0.15, 0.2) is 0 Å². The Hall–Kier alpha value is -0.870. The van der Waals surface area contributed by atoms with Crippen LogP contribution < -0.4 is 0 Å². The lowest BCUT2D eigenvalue weighted by Crippen LogP contribution is -2.19. The van der Waals surface area contributed by atoms with Crippen molar-refractivity contribution >= 4 is 17.3 Å². The number of esters is 1. The third-order valence-electron chi connectivity index (χ3n) is 2.64. The predicted molar refractivity (Wildman–Crippen MR) is 71.3 cm³/mol. The van der Waals surface area contributed by atoms with Gasteiger partial charge in [-0.25, -0.2) is 0 Å². The summed E-state index contributed by atoms with van der Waals surface area (Å²) >= 11 is 1.87. The molecule has 0 saturated carbocycles. The SMILES string of the molecule is CCc1ccc(CN(C)CCCC(=O)OC)s1. The zero-order valence-electron chi connectivity index (χ0n) is 10.9. The van der Waals surface area contributed by atoms with Crippen LogP contribution in [0.3, 0.4) is 0 Å². The molecule has 0 bridgehead atoms. The Labute approximate surface area is 107 Å². The molecule has 0 aromatic carbocycles. The van der Waals surface area contributed by atoms with Crippen LogP contribution in [0.2, 0.25) is 0 Å². The Bertz CT molecular complexity index is 349. The van der Waals surface area contributed by atoms with Crippen molar-refractivity contribution in [1.82, 2.24) is 4.90 Å². The molecular formula is C13H21NO2S. The van der Waals surface area contributed by atoms with E-state index in [0.29, 0.717) is 6.42 Å². The summed E-state index contributed by atoms with van der Waals surface area (Å²) in [6.45, 7) is 4.07. The zero-order chi connectivity index (χ0) is 12.7. The number of methoxy groups -OCH3 is 1. The minimum absolute atomic E-state index is 0.122. The number of hydrogen-bond donors (Lipinski definition) is 0. The number of aryl methyl sites for hydroxylation is 1. The smallest absolute Gasteiger partial charge is 0.305 e. The van der Waals surface area contributed by atoms with Crippen molar-refractivity contribution in [1.29, 1.82) is 0 Å². The van der Waals surface area contributed by atoms with Gasteiger partial charge in [0.05, 0.1) is 7.11 Å². The summed E-state index contributed by atoms with van der Waals surface area (Å²) in [5.74, 6) is -0.122. The lowest BCUT2D eigenvalue weighted by Gasteiger charge is -2.14. The van der Waals surface area contributed by atoms with E-state index in [9.17, 15) is 4.79 Å².